The maximum atomic E-state index is 9.37. The predicted molar refractivity (Wildman–Crippen MR) is 114 cm³/mol. The van der Waals surface area contributed by atoms with E-state index in [1.165, 1.54) is 0 Å². The fourth-order valence-corrected chi connectivity index (χ4v) is 4.45. The van der Waals surface area contributed by atoms with Gasteiger partial charge in [-0.15, -0.1) is 0 Å². The van der Waals surface area contributed by atoms with Crippen LogP contribution in [0.1, 0.15) is 58.7 Å². The molecule has 2 atom stereocenters. The van der Waals surface area contributed by atoms with Gasteiger partial charge in [0.25, 0.3) is 0 Å². The second-order valence-electron chi connectivity index (χ2n) is 9.33. The minimum Gasteiger partial charge on any atom is -0.485 e. The van der Waals surface area contributed by atoms with Gasteiger partial charge in [0.2, 0.25) is 0 Å². The Balaban J connectivity index is 2.62. The number of hydrogen-bond donors (Lipinski definition) is 1. The van der Waals surface area contributed by atoms with Crippen LogP contribution >= 0.6 is 0 Å². The molecule has 0 saturated heterocycles. The van der Waals surface area contributed by atoms with Crippen LogP contribution in [0.5, 0.6) is 5.75 Å². The van der Waals surface area contributed by atoms with Crippen LogP contribution in [-0.4, -0.2) is 33.0 Å². The van der Waals surface area contributed by atoms with E-state index in [0.717, 1.165) is 11.3 Å². The maximum absolute atomic E-state index is 9.37. The zero-order chi connectivity index (χ0) is 21.3. The number of benzene rings is 1. The van der Waals surface area contributed by atoms with Gasteiger partial charge in [-0.2, -0.15) is 5.26 Å². The van der Waals surface area contributed by atoms with Crippen LogP contribution in [0.25, 0.3) is 0 Å². The molecule has 0 radical (unpaired) electrons. The number of ether oxygens (including phenoxy) is 1. The number of nitrogens with zero attached hydrogens (tertiary/aromatic N) is 2. The minimum atomic E-state index is -2.10. The van der Waals surface area contributed by atoms with Crippen LogP contribution in [-0.2, 0) is 9.26 Å². The van der Waals surface area contributed by atoms with Crippen molar-refractivity contribution in [3.8, 4) is 11.8 Å². The molecule has 6 nitrogen and oxygen atoms in total. The van der Waals surface area contributed by atoms with Crippen molar-refractivity contribution in [1.82, 2.24) is 5.48 Å². The molecule has 1 N–H and O–H groups in total. The van der Waals surface area contributed by atoms with Crippen molar-refractivity contribution in [2.24, 2.45) is 4.99 Å². The number of aliphatic imine (C=N–C) groups is 1. The van der Waals surface area contributed by atoms with E-state index < -0.39 is 13.9 Å². The Morgan fingerprint density at radius 2 is 1.96 bits per heavy atom. The minimum absolute atomic E-state index is 0.0476. The number of rotatable bonds is 4. The van der Waals surface area contributed by atoms with Gasteiger partial charge < -0.3 is 9.16 Å². The zero-order valence-electron chi connectivity index (χ0n) is 18.5. The molecule has 0 aliphatic carbocycles. The summed E-state index contributed by atoms with van der Waals surface area (Å²) in [5.41, 5.74) is 3.64. The summed E-state index contributed by atoms with van der Waals surface area (Å²) < 4.78 is 13.2. The molecule has 1 aromatic carbocycles. The Morgan fingerprint density at radius 1 is 1.32 bits per heavy atom. The van der Waals surface area contributed by atoms with E-state index in [1.807, 2.05) is 32.9 Å². The van der Waals surface area contributed by atoms with Gasteiger partial charge in [0.05, 0.1) is 18.7 Å². The molecule has 1 heterocycles. The van der Waals surface area contributed by atoms with Crippen molar-refractivity contribution in [2.45, 2.75) is 77.4 Å². The molecule has 0 bridgehead atoms. The quantitative estimate of drug-likeness (QED) is 0.340. The van der Waals surface area contributed by atoms with Gasteiger partial charge in [-0.05, 0) is 57.1 Å². The Labute approximate surface area is 170 Å². The molecule has 0 aromatic heterocycles. The van der Waals surface area contributed by atoms with Crippen molar-refractivity contribution in [1.29, 1.82) is 5.26 Å². The van der Waals surface area contributed by atoms with Crippen LogP contribution < -0.4 is 10.2 Å². The normalized spacial score (nSPS) is 22.1. The summed E-state index contributed by atoms with van der Waals surface area (Å²) in [4.78, 5) is 9.90. The molecule has 0 fully saturated rings. The van der Waals surface area contributed by atoms with Crippen molar-refractivity contribution >= 4 is 14.2 Å². The average Bonchev–Trinajstić information content (AvgIpc) is 2.56. The van der Waals surface area contributed by atoms with Gasteiger partial charge in [0.15, 0.2) is 8.32 Å². The third-order valence-electron chi connectivity index (χ3n) is 5.61. The highest BCUT2D eigenvalue weighted by atomic mass is 28.4. The standard InChI is InChI=1S/C21H33N3O3Si/c1-14(24-25-7)23-18-16-12-15(13-22)10-11-17(16)26-21(5,6)19(18)27-28(8,9)20(2,3)4/h10-12,18-19H,1-9H3,(H,23,24). The molecular weight excluding hydrogens is 370 g/mol. The topological polar surface area (TPSA) is 75.9 Å². The highest BCUT2D eigenvalue weighted by molar-refractivity contribution is 6.74. The lowest BCUT2D eigenvalue weighted by atomic mass is 9.86. The first-order chi connectivity index (χ1) is 12.8. The highest BCUT2D eigenvalue weighted by Gasteiger charge is 2.50. The Bertz CT molecular complexity index is 791. The maximum Gasteiger partial charge on any atom is 0.192 e. The predicted octanol–water partition coefficient (Wildman–Crippen LogP) is 4.73. The molecule has 0 amide bonds. The summed E-state index contributed by atoms with van der Waals surface area (Å²) >= 11 is 0. The third-order valence-corrected chi connectivity index (χ3v) is 10.1. The van der Waals surface area contributed by atoms with Gasteiger partial charge in [-0.25, -0.2) is 0 Å². The Hall–Kier alpha value is -1.88. The second-order valence-corrected chi connectivity index (χ2v) is 14.1. The van der Waals surface area contributed by atoms with E-state index in [2.05, 4.69) is 45.4 Å². The molecule has 2 unspecified atom stereocenters. The van der Waals surface area contributed by atoms with Crippen molar-refractivity contribution in [2.75, 3.05) is 7.11 Å². The van der Waals surface area contributed by atoms with Gasteiger partial charge in [0, 0.05) is 5.56 Å². The van der Waals surface area contributed by atoms with E-state index in [-0.39, 0.29) is 17.2 Å². The van der Waals surface area contributed by atoms with Crippen LogP contribution in [0.4, 0.5) is 0 Å². The van der Waals surface area contributed by atoms with Gasteiger partial charge in [0.1, 0.15) is 29.3 Å². The molecule has 28 heavy (non-hydrogen) atoms. The van der Waals surface area contributed by atoms with Crippen LogP contribution in [0.3, 0.4) is 0 Å². The lowest BCUT2D eigenvalue weighted by Gasteiger charge is -2.48. The van der Waals surface area contributed by atoms with Crippen molar-refractivity contribution < 1.29 is 14.0 Å². The Kier molecular flexibility index (Phi) is 6.29. The lowest BCUT2D eigenvalue weighted by molar-refractivity contribution is -0.0491. The summed E-state index contributed by atoms with van der Waals surface area (Å²) in [5, 5.41) is 9.42. The first-order valence-electron chi connectivity index (χ1n) is 9.56. The van der Waals surface area contributed by atoms with E-state index >= 15 is 0 Å². The highest BCUT2D eigenvalue weighted by Crippen LogP contribution is 2.47. The molecule has 7 heteroatoms. The lowest BCUT2D eigenvalue weighted by Crippen LogP contribution is -2.56. The van der Waals surface area contributed by atoms with Gasteiger partial charge in [-0.3, -0.25) is 15.3 Å². The molecule has 154 valence electrons. The third kappa shape index (κ3) is 4.57. The SMILES string of the molecule is CONC(C)=NC1c2cc(C#N)ccc2OC(C)(C)C1O[Si](C)(C)C(C)(C)C. The fraction of sp³-hybridized carbons (Fsp3) is 0.619. The van der Waals surface area contributed by atoms with E-state index in [9.17, 15) is 5.26 Å². The molecule has 0 spiro atoms. The molecule has 2 rings (SSSR count). The molecule has 1 aromatic rings. The number of amidine groups is 1. The van der Waals surface area contributed by atoms with Crippen molar-refractivity contribution in [3.05, 3.63) is 29.3 Å². The van der Waals surface area contributed by atoms with Crippen LogP contribution in [0.2, 0.25) is 18.1 Å². The fourth-order valence-electron chi connectivity index (χ4n) is 3.05. The smallest absolute Gasteiger partial charge is 0.192 e. The van der Waals surface area contributed by atoms with E-state index in [0.29, 0.717) is 11.4 Å². The van der Waals surface area contributed by atoms with Crippen LogP contribution in [0, 0.1) is 11.3 Å². The molecule has 1 aliphatic heterocycles. The number of nitrogens with one attached hydrogen (secondary N) is 1. The Morgan fingerprint density at radius 3 is 2.50 bits per heavy atom. The average molecular weight is 404 g/mol. The van der Waals surface area contributed by atoms with Crippen molar-refractivity contribution in [3.63, 3.8) is 0 Å². The van der Waals surface area contributed by atoms with Crippen LogP contribution in [0.15, 0.2) is 23.2 Å². The first-order valence-corrected chi connectivity index (χ1v) is 12.5. The largest absolute Gasteiger partial charge is 0.485 e. The van der Waals surface area contributed by atoms with Gasteiger partial charge in [-0.1, -0.05) is 20.8 Å². The van der Waals surface area contributed by atoms with E-state index in [1.54, 1.807) is 13.2 Å². The number of fused-ring (bicyclic) bond motifs is 1. The summed E-state index contributed by atoms with van der Waals surface area (Å²) in [6, 6.07) is 7.36. The molecular formula is C21H33N3O3Si. The number of hydrogen-bond acceptors (Lipinski definition) is 5. The monoisotopic (exact) mass is 403 g/mol. The van der Waals surface area contributed by atoms with Gasteiger partial charge >= 0.3 is 0 Å². The number of nitriles is 1. The molecule has 0 saturated carbocycles. The molecule has 1 aliphatic rings. The van der Waals surface area contributed by atoms with E-state index in [4.69, 9.17) is 19.0 Å². The second kappa shape index (κ2) is 7.86. The number of hydroxylamine groups is 1. The first kappa shape index (κ1) is 22.4. The summed E-state index contributed by atoms with van der Waals surface area (Å²) in [6.07, 6.45) is -0.302. The summed E-state index contributed by atoms with van der Waals surface area (Å²) in [7, 11) is -0.548. The zero-order valence-corrected chi connectivity index (χ0v) is 19.5. The summed E-state index contributed by atoms with van der Waals surface area (Å²) in [5.74, 6) is 1.38. The summed E-state index contributed by atoms with van der Waals surface area (Å²) in [6.45, 7) is 17.0.